The fourth-order valence-corrected chi connectivity index (χ4v) is 2.18. The topological polar surface area (TPSA) is 58.2 Å². The normalized spacial score (nSPS) is 11.1. The Bertz CT molecular complexity index is 810. The van der Waals surface area contributed by atoms with E-state index in [0.29, 0.717) is 0 Å². The van der Waals surface area contributed by atoms with Crippen LogP contribution in [0.2, 0.25) is 10.0 Å². The van der Waals surface area contributed by atoms with E-state index >= 15 is 0 Å². The Labute approximate surface area is 150 Å². The average Bonchev–Trinajstić information content (AvgIpc) is 2.54. The molecule has 4 nitrogen and oxygen atoms in total. The summed E-state index contributed by atoms with van der Waals surface area (Å²) in [5, 5.41) is 5.08. The number of alkyl halides is 3. The third-order valence-corrected chi connectivity index (χ3v) is 3.80. The lowest BCUT2D eigenvalue weighted by molar-refractivity contribution is -0.137. The van der Waals surface area contributed by atoms with Gasteiger partial charge in [0.15, 0.2) is 0 Å². The fourth-order valence-electron chi connectivity index (χ4n) is 1.88. The molecule has 0 aliphatic heterocycles. The van der Waals surface area contributed by atoms with E-state index < -0.39 is 30.1 Å². The highest BCUT2D eigenvalue weighted by Crippen LogP contribution is 2.30. The quantitative estimate of drug-likeness (QED) is 0.813. The third kappa shape index (κ3) is 5.37. The largest absolute Gasteiger partial charge is 0.416 e. The minimum Gasteiger partial charge on any atom is -0.343 e. The number of carbonyl (C=O) groups is 2. The van der Waals surface area contributed by atoms with Crippen LogP contribution in [0, 0.1) is 0 Å². The molecule has 2 amide bonds. The van der Waals surface area contributed by atoms with Crippen LogP contribution in [0.15, 0.2) is 42.5 Å². The van der Waals surface area contributed by atoms with Gasteiger partial charge in [-0.3, -0.25) is 9.59 Å². The Kier molecular flexibility index (Phi) is 5.92. The second-order valence-corrected chi connectivity index (χ2v) is 5.75. The van der Waals surface area contributed by atoms with Crippen molar-refractivity contribution in [1.29, 1.82) is 0 Å². The zero-order chi connectivity index (χ0) is 18.6. The van der Waals surface area contributed by atoms with Gasteiger partial charge in [-0.05, 0) is 36.4 Å². The molecule has 0 aliphatic carbocycles. The van der Waals surface area contributed by atoms with Crippen LogP contribution in [0.3, 0.4) is 0 Å². The van der Waals surface area contributed by atoms with E-state index in [0.717, 1.165) is 12.1 Å². The second-order valence-electron chi connectivity index (χ2n) is 4.94. The third-order valence-electron chi connectivity index (χ3n) is 3.06. The summed E-state index contributed by atoms with van der Waals surface area (Å²) in [6.07, 6.45) is -4.51. The predicted octanol–water partition coefficient (Wildman–Crippen LogP) is 4.38. The van der Waals surface area contributed by atoms with Gasteiger partial charge in [0, 0.05) is 11.3 Å². The van der Waals surface area contributed by atoms with Crippen molar-refractivity contribution in [3.63, 3.8) is 0 Å². The Morgan fingerprint density at radius 2 is 1.72 bits per heavy atom. The molecule has 9 heteroatoms. The zero-order valence-electron chi connectivity index (χ0n) is 12.5. The minimum atomic E-state index is -4.51. The summed E-state index contributed by atoms with van der Waals surface area (Å²) in [6.45, 7) is -0.421. The van der Waals surface area contributed by atoms with Gasteiger partial charge in [0.2, 0.25) is 5.91 Å². The second kappa shape index (κ2) is 7.76. The lowest BCUT2D eigenvalue weighted by Crippen LogP contribution is -2.32. The Balaban J connectivity index is 1.94. The summed E-state index contributed by atoms with van der Waals surface area (Å²) in [5.41, 5.74) is -0.713. The molecule has 2 aromatic rings. The number of hydrogen-bond donors (Lipinski definition) is 2. The van der Waals surface area contributed by atoms with Crippen molar-refractivity contribution in [2.24, 2.45) is 0 Å². The van der Waals surface area contributed by atoms with E-state index in [1.807, 2.05) is 0 Å². The van der Waals surface area contributed by atoms with E-state index in [9.17, 15) is 22.8 Å². The van der Waals surface area contributed by atoms with Gasteiger partial charge in [-0.15, -0.1) is 0 Å². The van der Waals surface area contributed by atoms with Crippen LogP contribution in [0.1, 0.15) is 15.9 Å². The maximum Gasteiger partial charge on any atom is 0.416 e. The minimum absolute atomic E-state index is 0.0244. The molecule has 0 aromatic heterocycles. The summed E-state index contributed by atoms with van der Waals surface area (Å²) < 4.78 is 37.9. The molecular weight excluding hydrogens is 380 g/mol. The van der Waals surface area contributed by atoms with E-state index in [1.54, 1.807) is 0 Å². The molecule has 2 N–H and O–H groups in total. The molecule has 25 heavy (non-hydrogen) atoms. The van der Waals surface area contributed by atoms with Gasteiger partial charge in [-0.1, -0.05) is 29.3 Å². The zero-order valence-corrected chi connectivity index (χ0v) is 14.0. The molecule has 0 unspecified atom stereocenters. The molecule has 0 atom stereocenters. The standard InChI is InChI=1S/C16H11Cl2F3N2O2/c17-12-5-4-9(6-13(12)18)15(25)22-8-14(24)23-11-3-1-2-10(7-11)16(19,20)21/h1-7H,8H2,(H,22,25)(H,23,24). The molecule has 0 heterocycles. The van der Waals surface area contributed by atoms with Crippen LogP contribution < -0.4 is 10.6 Å². The molecule has 132 valence electrons. The van der Waals surface area contributed by atoms with Gasteiger partial charge in [0.25, 0.3) is 5.91 Å². The lowest BCUT2D eigenvalue weighted by atomic mass is 10.2. The molecule has 0 saturated carbocycles. The van der Waals surface area contributed by atoms with Crippen molar-refractivity contribution < 1.29 is 22.8 Å². The summed E-state index contributed by atoms with van der Waals surface area (Å²) in [5.74, 6) is -1.24. The van der Waals surface area contributed by atoms with Crippen LogP contribution in [0.25, 0.3) is 0 Å². The summed E-state index contributed by atoms with van der Waals surface area (Å²) in [4.78, 5) is 23.7. The number of carbonyl (C=O) groups excluding carboxylic acids is 2. The molecule has 0 spiro atoms. The molecule has 0 saturated heterocycles. The lowest BCUT2D eigenvalue weighted by Gasteiger charge is -2.10. The van der Waals surface area contributed by atoms with Gasteiger partial charge in [0.05, 0.1) is 22.2 Å². The summed E-state index contributed by atoms with van der Waals surface area (Å²) in [6, 6.07) is 8.38. The number of amides is 2. The van der Waals surface area contributed by atoms with Crippen molar-refractivity contribution in [1.82, 2.24) is 5.32 Å². The molecule has 2 rings (SSSR count). The van der Waals surface area contributed by atoms with E-state index in [2.05, 4.69) is 10.6 Å². The number of anilines is 1. The summed E-state index contributed by atoms with van der Waals surface area (Å²) in [7, 11) is 0. The smallest absolute Gasteiger partial charge is 0.343 e. The average molecular weight is 391 g/mol. The first-order valence-electron chi connectivity index (χ1n) is 6.87. The number of halogens is 5. The maximum absolute atomic E-state index is 12.6. The number of nitrogens with one attached hydrogen (secondary N) is 2. The number of hydrogen-bond acceptors (Lipinski definition) is 2. The van der Waals surface area contributed by atoms with Gasteiger partial charge in [0.1, 0.15) is 0 Å². The molecule has 2 aromatic carbocycles. The van der Waals surface area contributed by atoms with Gasteiger partial charge >= 0.3 is 6.18 Å². The Hall–Kier alpha value is -2.25. The van der Waals surface area contributed by atoms with Crippen molar-refractivity contribution in [2.75, 3.05) is 11.9 Å². The SMILES string of the molecule is O=C(CNC(=O)c1ccc(Cl)c(Cl)c1)Nc1cccc(C(F)(F)F)c1. The van der Waals surface area contributed by atoms with Gasteiger partial charge in [-0.2, -0.15) is 13.2 Å². The first-order valence-corrected chi connectivity index (χ1v) is 7.63. The van der Waals surface area contributed by atoms with Gasteiger partial charge < -0.3 is 10.6 Å². The van der Waals surface area contributed by atoms with Crippen LogP contribution >= 0.6 is 23.2 Å². The van der Waals surface area contributed by atoms with Crippen molar-refractivity contribution in [3.8, 4) is 0 Å². The molecule has 0 radical (unpaired) electrons. The maximum atomic E-state index is 12.6. The van der Waals surface area contributed by atoms with Crippen molar-refractivity contribution in [2.45, 2.75) is 6.18 Å². The Morgan fingerprint density at radius 3 is 2.36 bits per heavy atom. The van der Waals surface area contributed by atoms with Crippen LogP contribution in [-0.2, 0) is 11.0 Å². The molecule has 0 fully saturated rings. The van der Waals surface area contributed by atoms with Crippen LogP contribution in [0.4, 0.5) is 18.9 Å². The van der Waals surface area contributed by atoms with Crippen molar-refractivity contribution in [3.05, 3.63) is 63.6 Å². The molecule has 0 aliphatic rings. The monoisotopic (exact) mass is 390 g/mol. The number of benzene rings is 2. The first-order chi connectivity index (χ1) is 11.7. The first kappa shape index (κ1) is 19.1. The molecular formula is C16H11Cl2F3N2O2. The highest BCUT2D eigenvalue weighted by molar-refractivity contribution is 6.42. The van der Waals surface area contributed by atoms with Crippen LogP contribution in [-0.4, -0.2) is 18.4 Å². The van der Waals surface area contributed by atoms with Crippen molar-refractivity contribution >= 4 is 40.7 Å². The fraction of sp³-hybridized carbons (Fsp3) is 0.125. The van der Waals surface area contributed by atoms with E-state index in [1.165, 1.54) is 30.3 Å². The van der Waals surface area contributed by atoms with Gasteiger partial charge in [-0.25, -0.2) is 0 Å². The Morgan fingerprint density at radius 1 is 1.00 bits per heavy atom. The van der Waals surface area contributed by atoms with E-state index in [4.69, 9.17) is 23.2 Å². The van der Waals surface area contributed by atoms with E-state index in [-0.39, 0.29) is 21.3 Å². The van der Waals surface area contributed by atoms with Crippen LogP contribution in [0.5, 0.6) is 0 Å². The number of rotatable bonds is 4. The highest BCUT2D eigenvalue weighted by atomic mass is 35.5. The highest BCUT2D eigenvalue weighted by Gasteiger charge is 2.30. The molecule has 0 bridgehead atoms. The summed E-state index contributed by atoms with van der Waals surface area (Å²) >= 11 is 11.5. The predicted molar refractivity (Wildman–Crippen MR) is 88.9 cm³/mol.